The average molecular weight is 299 g/mol. The number of methoxy groups -OCH3 is 1. The summed E-state index contributed by atoms with van der Waals surface area (Å²) in [7, 11) is 1.74. The molecule has 0 spiro atoms. The monoisotopic (exact) mass is 298 g/mol. The first kappa shape index (κ1) is 17.3. The Balaban J connectivity index is 3.08. The topological polar surface area (TPSA) is 24.5 Å². The molecule has 0 fully saturated rings. The highest BCUT2D eigenvalue weighted by molar-refractivity contribution is 6.33. The van der Waals surface area contributed by atoms with E-state index >= 15 is 0 Å². The van der Waals surface area contributed by atoms with Crippen molar-refractivity contribution in [3.05, 3.63) is 28.8 Å². The van der Waals surface area contributed by atoms with Gasteiger partial charge in [0.1, 0.15) is 0 Å². The van der Waals surface area contributed by atoms with Crippen LogP contribution in [0.5, 0.6) is 0 Å². The fraction of sp³-hybridized carbons (Fsp3) is 0.625. The minimum Gasteiger partial charge on any atom is -0.383 e. The molecule has 1 rings (SSSR count). The summed E-state index contributed by atoms with van der Waals surface area (Å²) < 4.78 is 5.25. The second-order valence-electron chi connectivity index (χ2n) is 4.97. The zero-order valence-electron chi connectivity index (χ0n) is 13.1. The van der Waals surface area contributed by atoms with Gasteiger partial charge in [0.25, 0.3) is 0 Å². The van der Waals surface area contributed by atoms with Gasteiger partial charge in [0.2, 0.25) is 0 Å². The molecule has 1 aromatic carbocycles. The van der Waals surface area contributed by atoms with Crippen LogP contribution >= 0.6 is 11.6 Å². The molecular formula is C16H27ClN2O. The Labute approximate surface area is 128 Å². The number of rotatable bonds is 9. The second kappa shape index (κ2) is 9.22. The third-order valence-electron chi connectivity index (χ3n) is 3.58. The molecule has 1 unspecified atom stereocenters. The molecule has 0 heterocycles. The Morgan fingerprint density at radius 1 is 1.35 bits per heavy atom. The van der Waals surface area contributed by atoms with Crippen LogP contribution in [-0.2, 0) is 11.3 Å². The summed E-state index contributed by atoms with van der Waals surface area (Å²) in [6.07, 6.45) is 1.08. The maximum absolute atomic E-state index is 6.47. The van der Waals surface area contributed by atoms with Gasteiger partial charge in [0.05, 0.1) is 17.3 Å². The molecule has 1 atom stereocenters. The molecule has 0 saturated carbocycles. The number of halogens is 1. The van der Waals surface area contributed by atoms with Crippen LogP contribution in [0.25, 0.3) is 0 Å². The molecule has 0 saturated heterocycles. The van der Waals surface area contributed by atoms with Crippen molar-refractivity contribution in [2.75, 3.05) is 31.7 Å². The SMILES string of the molecule is CCNCc1cccc(Cl)c1N(CCOC)C(C)CC. The fourth-order valence-electron chi connectivity index (χ4n) is 2.25. The summed E-state index contributed by atoms with van der Waals surface area (Å²) in [4.78, 5) is 2.36. The van der Waals surface area contributed by atoms with E-state index in [1.165, 1.54) is 5.56 Å². The molecule has 0 bridgehead atoms. The van der Waals surface area contributed by atoms with Crippen LogP contribution in [0.1, 0.15) is 32.8 Å². The smallest absolute Gasteiger partial charge is 0.0643 e. The number of para-hydroxylation sites is 1. The molecule has 0 radical (unpaired) electrons. The van der Waals surface area contributed by atoms with Crippen LogP contribution < -0.4 is 10.2 Å². The van der Waals surface area contributed by atoms with E-state index in [-0.39, 0.29) is 0 Å². The Morgan fingerprint density at radius 3 is 2.70 bits per heavy atom. The molecule has 1 aromatic rings. The van der Waals surface area contributed by atoms with Gasteiger partial charge < -0.3 is 15.0 Å². The van der Waals surface area contributed by atoms with E-state index in [1.54, 1.807) is 7.11 Å². The van der Waals surface area contributed by atoms with Crippen molar-refractivity contribution >= 4 is 17.3 Å². The predicted molar refractivity (Wildman–Crippen MR) is 87.8 cm³/mol. The largest absolute Gasteiger partial charge is 0.383 e. The number of benzene rings is 1. The van der Waals surface area contributed by atoms with E-state index in [0.717, 1.165) is 36.8 Å². The Kier molecular flexibility index (Phi) is 7.97. The lowest BCUT2D eigenvalue weighted by molar-refractivity contribution is 0.203. The van der Waals surface area contributed by atoms with Crippen molar-refractivity contribution in [3.63, 3.8) is 0 Å². The van der Waals surface area contributed by atoms with Gasteiger partial charge in [-0.05, 0) is 31.5 Å². The normalized spacial score (nSPS) is 12.4. The van der Waals surface area contributed by atoms with Crippen LogP contribution in [0.4, 0.5) is 5.69 Å². The van der Waals surface area contributed by atoms with Crippen molar-refractivity contribution in [2.45, 2.75) is 39.8 Å². The molecular weight excluding hydrogens is 272 g/mol. The number of ether oxygens (including phenoxy) is 1. The number of anilines is 1. The van der Waals surface area contributed by atoms with Crippen LogP contribution in [0.2, 0.25) is 5.02 Å². The van der Waals surface area contributed by atoms with Gasteiger partial charge in [-0.3, -0.25) is 0 Å². The van der Waals surface area contributed by atoms with Crippen molar-refractivity contribution in [1.29, 1.82) is 0 Å². The zero-order valence-corrected chi connectivity index (χ0v) is 13.8. The molecule has 4 heteroatoms. The van der Waals surface area contributed by atoms with Crippen molar-refractivity contribution in [3.8, 4) is 0 Å². The van der Waals surface area contributed by atoms with Gasteiger partial charge in [-0.15, -0.1) is 0 Å². The summed E-state index contributed by atoms with van der Waals surface area (Å²) >= 11 is 6.47. The van der Waals surface area contributed by atoms with Gasteiger partial charge in [0, 0.05) is 26.2 Å². The third-order valence-corrected chi connectivity index (χ3v) is 3.89. The third kappa shape index (κ3) is 4.65. The molecule has 114 valence electrons. The summed E-state index contributed by atoms with van der Waals surface area (Å²) in [5, 5.41) is 4.20. The zero-order chi connectivity index (χ0) is 15.0. The first-order valence-electron chi connectivity index (χ1n) is 7.39. The van der Waals surface area contributed by atoms with Gasteiger partial charge >= 0.3 is 0 Å². The van der Waals surface area contributed by atoms with Gasteiger partial charge in [-0.2, -0.15) is 0 Å². The summed E-state index contributed by atoms with van der Waals surface area (Å²) in [5.74, 6) is 0. The maximum atomic E-state index is 6.47. The number of hydrogen-bond acceptors (Lipinski definition) is 3. The van der Waals surface area contributed by atoms with E-state index < -0.39 is 0 Å². The highest BCUT2D eigenvalue weighted by Gasteiger charge is 2.18. The Hall–Kier alpha value is -0.770. The van der Waals surface area contributed by atoms with Crippen molar-refractivity contribution in [2.24, 2.45) is 0 Å². The molecule has 0 aliphatic rings. The van der Waals surface area contributed by atoms with Gasteiger partial charge in [0.15, 0.2) is 0 Å². The summed E-state index contributed by atoms with van der Waals surface area (Å²) in [5.41, 5.74) is 2.39. The van der Waals surface area contributed by atoms with Crippen molar-refractivity contribution < 1.29 is 4.74 Å². The average Bonchev–Trinajstić information content (AvgIpc) is 2.46. The summed E-state index contributed by atoms with van der Waals surface area (Å²) in [6.45, 7) is 9.90. The lowest BCUT2D eigenvalue weighted by atomic mass is 10.1. The summed E-state index contributed by atoms with van der Waals surface area (Å²) in [6, 6.07) is 6.56. The molecule has 0 aliphatic carbocycles. The molecule has 1 N–H and O–H groups in total. The highest BCUT2D eigenvalue weighted by atomic mass is 35.5. The first-order chi connectivity index (χ1) is 9.65. The fourth-order valence-corrected chi connectivity index (χ4v) is 2.55. The van der Waals surface area contributed by atoms with E-state index in [4.69, 9.17) is 16.3 Å². The van der Waals surface area contributed by atoms with Gasteiger partial charge in [-0.1, -0.05) is 37.6 Å². The van der Waals surface area contributed by atoms with Crippen LogP contribution in [0, 0.1) is 0 Å². The van der Waals surface area contributed by atoms with Crippen LogP contribution in [0.15, 0.2) is 18.2 Å². The number of hydrogen-bond donors (Lipinski definition) is 1. The van der Waals surface area contributed by atoms with Crippen LogP contribution in [-0.4, -0.2) is 32.8 Å². The highest BCUT2D eigenvalue weighted by Crippen LogP contribution is 2.32. The predicted octanol–water partition coefficient (Wildman–Crippen LogP) is 3.70. The number of nitrogens with zero attached hydrogens (tertiary/aromatic N) is 1. The van der Waals surface area contributed by atoms with E-state index in [9.17, 15) is 0 Å². The van der Waals surface area contributed by atoms with E-state index in [1.807, 2.05) is 12.1 Å². The molecule has 0 aliphatic heterocycles. The second-order valence-corrected chi connectivity index (χ2v) is 5.38. The van der Waals surface area contributed by atoms with Gasteiger partial charge in [-0.25, -0.2) is 0 Å². The minimum atomic E-state index is 0.436. The lowest BCUT2D eigenvalue weighted by Crippen LogP contribution is -2.36. The quantitative estimate of drug-likeness (QED) is 0.752. The van der Waals surface area contributed by atoms with Crippen LogP contribution in [0.3, 0.4) is 0 Å². The molecule has 20 heavy (non-hydrogen) atoms. The first-order valence-corrected chi connectivity index (χ1v) is 7.77. The Bertz CT molecular complexity index is 398. The maximum Gasteiger partial charge on any atom is 0.0643 e. The molecule has 0 aromatic heterocycles. The van der Waals surface area contributed by atoms with E-state index in [2.05, 4.69) is 37.1 Å². The Morgan fingerprint density at radius 2 is 2.10 bits per heavy atom. The van der Waals surface area contributed by atoms with Crippen molar-refractivity contribution in [1.82, 2.24) is 5.32 Å². The number of nitrogens with one attached hydrogen (secondary N) is 1. The van der Waals surface area contributed by atoms with E-state index in [0.29, 0.717) is 12.6 Å². The molecule has 3 nitrogen and oxygen atoms in total. The lowest BCUT2D eigenvalue weighted by Gasteiger charge is -2.33. The molecule has 0 amide bonds. The standard InChI is InChI=1S/C16H27ClN2O/c1-5-13(3)19(10-11-20-4)16-14(12-18-6-2)8-7-9-15(16)17/h7-9,13,18H,5-6,10-12H2,1-4H3. The minimum absolute atomic E-state index is 0.436.